The summed E-state index contributed by atoms with van der Waals surface area (Å²) < 4.78 is 0. The van der Waals surface area contributed by atoms with Gasteiger partial charge in [0.05, 0.1) is 0 Å². The highest BCUT2D eigenvalue weighted by atomic mass is 79.9. The fourth-order valence-electron chi connectivity index (χ4n) is 2.40. The van der Waals surface area contributed by atoms with E-state index >= 15 is 0 Å². The van der Waals surface area contributed by atoms with Gasteiger partial charge < -0.3 is 4.90 Å². The van der Waals surface area contributed by atoms with E-state index in [9.17, 15) is 0 Å². The normalized spacial score (nSPS) is 21.2. The number of rotatable bonds is 4. The van der Waals surface area contributed by atoms with Gasteiger partial charge in [0.2, 0.25) is 0 Å². The molecule has 1 nitrogen and oxygen atoms in total. The average molecular weight is 276 g/mol. The van der Waals surface area contributed by atoms with E-state index in [2.05, 4.69) is 48.6 Å². The molecule has 1 unspecified atom stereocenters. The number of hydrogen-bond donors (Lipinski definition) is 0. The van der Waals surface area contributed by atoms with Gasteiger partial charge in [0.1, 0.15) is 0 Å². The van der Waals surface area contributed by atoms with Crippen molar-refractivity contribution in [2.45, 2.75) is 52.5 Å². The second kappa shape index (κ2) is 5.67. The van der Waals surface area contributed by atoms with Gasteiger partial charge in [-0.1, -0.05) is 49.5 Å². The van der Waals surface area contributed by atoms with Crippen molar-refractivity contribution in [3.63, 3.8) is 0 Å². The molecule has 1 fully saturated rings. The van der Waals surface area contributed by atoms with Gasteiger partial charge in [-0.3, -0.25) is 0 Å². The van der Waals surface area contributed by atoms with Crippen LogP contribution in [0, 0.1) is 11.3 Å². The third-order valence-corrected chi connectivity index (χ3v) is 4.65. The van der Waals surface area contributed by atoms with Gasteiger partial charge in [-0.05, 0) is 31.2 Å². The van der Waals surface area contributed by atoms with Crippen molar-refractivity contribution < 1.29 is 0 Å². The highest BCUT2D eigenvalue weighted by Gasteiger charge is 2.28. The smallest absolute Gasteiger partial charge is 0.00923 e. The Hall–Kier alpha value is 0.440. The van der Waals surface area contributed by atoms with Crippen LogP contribution in [0.2, 0.25) is 0 Å². The standard InChI is InChI=1S/C13H26BrN/c1-13(2,3)11(9-14)10-15(4)12-7-5-6-8-12/h11-12H,5-10H2,1-4H3. The molecule has 0 aliphatic heterocycles. The summed E-state index contributed by atoms with van der Waals surface area (Å²) in [4.78, 5) is 2.59. The second-order valence-electron chi connectivity index (χ2n) is 6.10. The van der Waals surface area contributed by atoms with Crippen LogP contribution >= 0.6 is 15.9 Å². The van der Waals surface area contributed by atoms with E-state index in [1.807, 2.05) is 0 Å². The molecule has 0 spiro atoms. The molecule has 1 aliphatic rings. The summed E-state index contributed by atoms with van der Waals surface area (Å²) in [6, 6.07) is 0.855. The lowest BCUT2D eigenvalue weighted by Crippen LogP contribution is -2.38. The third kappa shape index (κ3) is 4.07. The number of alkyl halides is 1. The van der Waals surface area contributed by atoms with E-state index in [-0.39, 0.29) is 0 Å². The largest absolute Gasteiger partial charge is 0.303 e. The lowest BCUT2D eigenvalue weighted by Gasteiger charge is -2.35. The molecule has 90 valence electrons. The van der Waals surface area contributed by atoms with Crippen LogP contribution < -0.4 is 0 Å². The molecule has 1 atom stereocenters. The van der Waals surface area contributed by atoms with E-state index in [1.54, 1.807) is 0 Å². The monoisotopic (exact) mass is 275 g/mol. The van der Waals surface area contributed by atoms with Crippen molar-refractivity contribution in [2.75, 3.05) is 18.9 Å². The zero-order chi connectivity index (χ0) is 11.5. The van der Waals surface area contributed by atoms with E-state index in [0.717, 1.165) is 17.3 Å². The van der Waals surface area contributed by atoms with Crippen LogP contribution in [0.5, 0.6) is 0 Å². The maximum Gasteiger partial charge on any atom is 0.00923 e. The van der Waals surface area contributed by atoms with Crippen molar-refractivity contribution >= 4 is 15.9 Å². The molecule has 0 heterocycles. The lowest BCUT2D eigenvalue weighted by atomic mass is 9.81. The average Bonchev–Trinajstić information content (AvgIpc) is 2.64. The molecule has 1 rings (SSSR count). The molecule has 0 N–H and O–H groups in total. The minimum atomic E-state index is 0.413. The minimum absolute atomic E-state index is 0.413. The van der Waals surface area contributed by atoms with Crippen molar-refractivity contribution in [2.24, 2.45) is 11.3 Å². The van der Waals surface area contributed by atoms with Gasteiger partial charge in [0.15, 0.2) is 0 Å². The predicted octanol–water partition coefficient (Wildman–Crippen LogP) is 3.92. The molecule has 0 aromatic carbocycles. The summed E-state index contributed by atoms with van der Waals surface area (Å²) in [6.07, 6.45) is 5.69. The molecule has 0 amide bonds. The summed E-state index contributed by atoms with van der Waals surface area (Å²) in [7, 11) is 2.30. The molecule has 15 heavy (non-hydrogen) atoms. The van der Waals surface area contributed by atoms with E-state index in [0.29, 0.717) is 5.41 Å². The Kier molecular flexibility index (Phi) is 5.11. The van der Waals surface area contributed by atoms with Crippen molar-refractivity contribution in [3.8, 4) is 0 Å². The van der Waals surface area contributed by atoms with Crippen LogP contribution in [0.4, 0.5) is 0 Å². The van der Waals surface area contributed by atoms with Crippen molar-refractivity contribution in [3.05, 3.63) is 0 Å². The van der Waals surface area contributed by atoms with Gasteiger partial charge in [-0.15, -0.1) is 0 Å². The maximum absolute atomic E-state index is 3.66. The first kappa shape index (κ1) is 13.5. The maximum atomic E-state index is 3.66. The summed E-state index contributed by atoms with van der Waals surface area (Å²) in [5.41, 5.74) is 0.413. The third-order valence-electron chi connectivity index (χ3n) is 3.87. The zero-order valence-electron chi connectivity index (χ0n) is 10.7. The fraction of sp³-hybridized carbons (Fsp3) is 1.00. The first-order valence-electron chi connectivity index (χ1n) is 6.21. The van der Waals surface area contributed by atoms with Crippen LogP contribution in [0.25, 0.3) is 0 Å². The summed E-state index contributed by atoms with van der Waals surface area (Å²) >= 11 is 3.66. The van der Waals surface area contributed by atoms with Gasteiger partial charge in [-0.2, -0.15) is 0 Å². The van der Waals surface area contributed by atoms with Crippen LogP contribution in [0.1, 0.15) is 46.5 Å². The fourth-order valence-corrected chi connectivity index (χ4v) is 3.57. The Morgan fingerprint density at radius 3 is 2.20 bits per heavy atom. The van der Waals surface area contributed by atoms with Gasteiger partial charge in [-0.25, -0.2) is 0 Å². The first-order valence-corrected chi connectivity index (χ1v) is 7.33. The lowest BCUT2D eigenvalue weighted by molar-refractivity contribution is 0.153. The van der Waals surface area contributed by atoms with Gasteiger partial charge in [0, 0.05) is 17.9 Å². The molecule has 1 saturated carbocycles. The number of hydrogen-bond acceptors (Lipinski definition) is 1. The van der Waals surface area contributed by atoms with Gasteiger partial charge in [0.25, 0.3) is 0 Å². The Balaban J connectivity index is 2.43. The Morgan fingerprint density at radius 1 is 1.27 bits per heavy atom. The van der Waals surface area contributed by atoms with Crippen molar-refractivity contribution in [1.82, 2.24) is 4.90 Å². The van der Waals surface area contributed by atoms with Crippen LogP contribution in [-0.2, 0) is 0 Å². The Labute approximate surface area is 104 Å². The number of nitrogens with zero attached hydrogens (tertiary/aromatic N) is 1. The second-order valence-corrected chi connectivity index (χ2v) is 6.74. The number of halogens is 1. The molecule has 0 aromatic rings. The van der Waals surface area contributed by atoms with Crippen LogP contribution in [-0.4, -0.2) is 29.9 Å². The topological polar surface area (TPSA) is 3.24 Å². The van der Waals surface area contributed by atoms with Crippen LogP contribution in [0.15, 0.2) is 0 Å². The Morgan fingerprint density at radius 2 is 1.80 bits per heavy atom. The summed E-state index contributed by atoms with van der Waals surface area (Å²) in [5, 5.41) is 1.12. The molecule has 0 bridgehead atoms. The molecule has 2 heteroatoms. The molecular formula is C13H26BrN. The summed E-state index contributed by atoms with van der Waals surface area (Å²) in [6.45, 7) is 8.28. The quantitative estimate of drug-likeness (QED) is 0.703. The Bertz CT molecular complexity index is 179. The highest BCUT2D eigenvalue weighted by Crippen LogP contribution is 2.30. The minimum Gasteiger partial charge on any atom is -0.303 e. The molecular weight excluding hydrogens is 250 g/mol. The van der Waals surface area contributed by atoms with Crippen LogP contribution in [0.3, 0.4) is 0 Å². The molecule has 0 saturated heterocycles. The SMILES string of the molecule is CN(CC(CBr)C(C)(C)C)C1CCCC1. The summed E-state index contributed by atoms with van der Waals surface area (Å²) in [5.74, 6) is 0.753. The highest BCUT2D eigenvalue weighted by molar-refractivity contribution is 9.09. The molecule has 0 radical (unpaired) electrons. The molecule has 0 aromatic heterocycles. The first-order chi connectivity index (χ1) is 6.95. The molecule has 1 aliphatic carbocycles. The van der Waals surface area contributed by atoms with E-state index < -0.39 is 0 Å². The zero-order valence-corrected chi connectivity index (χ0v) is 12.3. The van der Waals surface area contributed by atoms with Crippen molar-refractivity contribution in [1.29, 1.82) is 0 Å². The van der Waals surface area contributed by atoms with E-state index in [1.165, 1.54) is 32.2 Å². The predicted molar refractivity (Wildman–Crippen MR) is 71.6 cm³/mol. The van der Waals surface area contributed by atoms with E-state index in [4.69, 9.17) is 0 Å². The van der Waals surface area contributed by atoms with Gasteiger partial charge >= 0.3 is 0 Å².